The molecule has 1 aromatic rings. The van der Waals surface area contributed by atoms with Crippen LogP contribution in [-0.4, -0.2) is 70.9 Å². The van der Waals surface area contributed by atoms with Gasteiger partial charge in [-0.3, -0.25) is 9.59 Å². The molecule has 0 fully saturated rings. The van der Waals surface area contributed by atoms with Gasteiger partial charge < -0.3 is 40.4 Å². The van der Waals surface area contributed by atoms with E-state index in [1.54, 1.807) is 34.6 Å². The zero-order valence-electron chi connectivity index (χ0n) is 24.2. The van der Waals surface area contributed by atoms with E-state index in [-0.39, 0.29) is 38.9 Å². The Bertz CT molecular complexity index is 927. The molecule has 0 radical (unpaired) electrons. The summed E-state index contributed by atoms with van der Waals surface area (Å²) in [5.74, 6) is -1.24. The Labute approximate surface area is 236 Å². The van der Waals surface area contributed by atoms with Gasteiger partial charge in [0, 0.05) is 19.4 Å². The van der Waals surface area contributed by atoms with E-state index < -0.39 is 47.5 Å². The molecule has 1 aromatic carbocycles. The maximum Gasteiger partial charge on any atom is 0.407 e. The fourth-order valence-corrected chi connectivity index (χ4v) is 3.27. The summed E-state index contributed by atoms with van der Waals surface area (Å²) in [4.78, 5) is 48.9. The van der Waals surface area contributed by atoms with E-state index in [1.807, 2.05) is 30.3 Å². The fourth-order valence-electron chi connectivity index (χ4n) is 3.27. The number of alkyl carbamates (subject to hydrolysis) is 2. The number of hydrogen-bond acceptors (Lipinski definition) is 9. The normalized spacial score (nSPS) is 13.0. The molecule has 12 heteroatoms. The molecule has 12 nitrogen and oxygen atoms in total. The number of hydrogen-bond donors (Lipinski definition) is 5. The largest absolute Gasteiger partial charge is 0.460 e. The number of benzene rings is 1. The highest BCUT2D eigenvalue weighted by atomic mass is 16.6. The SMILES string of the molecule is CC(C)(O)CCOC(=O)N[C@@H](CCC(=O)OC(C)(C)C)C(=O)NC(O)CCCCNC(=O)OCc1ccccc1. The van der Waals surface area contributed by atoms with Crippen LogP contribution in [0.4, 0.5) is 9.59 Å². The number of aliphatic hydroxyl groups is 2. The molecular formula is C28H45N3O9. The quantitative estimate of drug-likeness (QED) is 0.0871. The van der Waals surface area contributed by atoms with Crippen LogP contribution in [0.2, 0.25) is 0 Å². The summed E-state index contributed by atoms with van der Waals surface area (Å²) in [6.45, 7) is 8.69. The van der Waals surface area contributed by atoms with Gasteiger partial charge in [-0.15, -0.1) is 0 Å². The molecule has 0 heterocycles. The standard InChI is InChI=1S/C28H45N3O9/c1-27(2,3)40-23(33)15-14-21(30-26(36)38-18-16-28(4,5)37)24(34)31-22(32)13-9-10-17-29-25(35)39-19-20-11-7-6-8-12-20/h6-8,11-12,21-22,32,37H,9-10,13-19H2,1-5H3,(H,29,35)(H,30,36)(H,31,34)/t21-,22?/m0/s1. The average molecular weight is 568 g/mol. The van der Waals surface area contributed by atoms with Crippen molar-refractivity contribution in [2.75, 3.05) is 13.2 Å². The number of esters is 1. The number of carbonyl (C=O) groups excluding carboxylic acids is 4. The lowest BCUT2D eigenvalue weighted by Crippen LogP contribution is -2.50. The highest BCUT2D eigenvalue weighted by molar-refractivity contribution is 5.86. The van der Waals surface area contributed by atoms with Gasteiger partial charge in [0.15, 0.2) is 0 Å². The summed E-state index contributed by atoms with van der Waals surface area (Å²) < 4.78 is 15.4. The van der Waals surface area contributed by atoms with Gasteiger partial charge in [0.25, 0.3) is 0 Å². The molecule has 3 amide bonds. The van der Waals surface area contributed by atoms with E-state index in [4.69, 9.17) is 14.2 Å². The van der Waals surface area contributed by atoms with Gasteiger partial charge in [0.2, 0.25) is 5.91 Å². The summed E-state index contributed by atoms with van der Waals surface area (Å²) in [5.41, 5.74) is -0.865. The van der Waals surface area contributed by atoms with Gasteiger partial charge in [-0.2, -0.15) is 0 Å². The molecule has 0 saturated carbocycles. The number of nitrogens with one attached hydrogen (secondary N) is 3. The van der Waals surface area contributed by atoms with E-state index in [0.717, 1.165) is 5.56 Å². The fraction of sp³-hybridized carbons (Fsp3) is 0.643. The molecule has 0 spiro atoms. The second-order valence-electron chi connectivity index (χ2n) is 11.0. The van der Waals surface area contributed by atoms with Crippen LogP contribution in [0.25, 0.3) is 0 Å². The lowest BCUT2D eigenvalue weighted by atomic mass is 10.1. The maximum absolute atomic E-state index is 12.8. The highest BCUT2D eigenvalue weighted by Crippen LogP contribution is 2.11. The molecule has 1 rings (SSSR count). The summed E-state index contributed by atoms with van der Waals surface area (Å²) in [7, 11) is 0. The lowest BCUT2D eigenvalue weighted by molar-refractivity contribution is -0.155. The average Bonchev–Trinajstić information content (AvgIpc) is 2.83. The first-order valence-electron chi connectivity index (χ1n) is 13.4. The Balaban J connectivity index is 2.46. The zero-order chi connectivity index (χ0) is 30.2. The van der Waals surface area contributed by atoms with Crippen molar-refractivity contribution in [3.8, 4) is 0 Å². The number of unbranched alkanes of at least 4 members (excludes halogenated alkanes) is 1. The zero-order valence-corrected chi connectivity index (χ0v) is 24.2. The number of rotatable bonds is 16. The van der Waals surface area contributed by atoms with Crippen molar-refractivity contribution in [2.24, 2.45) is 0 Å². The molecule has 0 aliphatic carbocycles. The maximum atomic E-state index is 12.8. The number of amides is 3. The second kappa shape index (κ2) is 17.3. The van der Waals surface area contributed by atoms with Gasteiger partial charge in [-0.1, -0.05) is 30.3 Å². The van der Waals surface area contributed by atoms with Crippen LogP contribution in [0.15, 0.2) is 30.3 Å². The number of ether oxygens (including phenoxy) is 3. The monoisotopic (exact) mass is 567 g/mol. The summed E-state index contributed by atoms with van der Waals surface area (Å²) >= 11 is 0. The Morgan fingerprint density at radius 2 is 1.57 bits per heavy atom. The van der Waals surface area contributed by atoms with E-state index in [2.05, 4.69) is 16.0 Å². The Morgan fingerprint density at radius 3 is 2.20 bits per heavy atom. The Kier molecular flexibility index (Phi) is 15.0. The molecule has 0 aliphatic heterocycles. The van der Waals surface area contributed by atoms with Gasteiger partial charge in [0.05, 0.1) is 12.2 Å². The molecule has 0 aliphatic rings. The molecule has 226 valence electrons. The molecule has 5 N–H and O–H groups in total. The highest BCUT2D eigenvalue weighted by Gasteiger charge is 2.26. The first-order chi connectivity index (χ1) is 18.6. The van der Waals surface area contributed by atoms with E-state index >= 15 is 0 Å². The summed E-state index contributed by atoms with van der Waals surface area (Å²) in [5, 5.41) is 27.5. The summed E-state index contributed by atoms with van der Waals surface area (Å²) in [6.07, 6.45) is -1.50. The third-order valence-electron chi connectivity index (χ3n) is 5.31. The molecular weight excluding hydrogens is 522 g/mol. The minimum atomic E-state index is -1.21. The predicted molar refractivity (Wildman–Crippen MR) is 147 cm³/mol. The van der Waals surface area contributed by atoms with Crippen LogP contribution < -0.4 is 16.0 Å². The second-order valence-corrected chi connectivity index (χ2v) is 11.0. The molecule has 2 atom stereocenters. The van der Waals surface area contributed by atoms with Crippen molar-refractivity contribution >= 4 is 24.1 Å². The molecule has 0 aromatic heterocycles. The van der Waals surface area contributed by atoms with E-state index in [0.29, 0.717) is 19.4 Å². The minimum Gasteiger partial charge on any atom is -0.460 e. The Hall–Kier alpha value is -3.38. The molecule has 0 saturated heterocycles. The topological polar surface area (TPSA) is 173 Å². The third-order valence-corrected chi connectivity index (χ3v) is 5.31. The number of aliphatic hydroxyl groups excluding tert-OH is 1. The third kappa shape index (κ3) is 18.0. The minimum absolute atomic E-state index is 0.0772. The van der Waals surface area contributed by atoms with Crippen LogP contribution in [0.1, 0.15) is 78.7 Å². The van der Waals surface area contributed by atoms with Crippen LogP contribution in [0, 0.1) is 0 Å². The van der Waals surface area contributed by atoms with Crippen LogP contribution in [0.5, 0.6) is 0 Å². The summed E-state index contributed by atoms with van der Waals surface area (Å²) in [6, 6.07) is 8.11. The van der Waals surface area contributed by atoms with Crippen molar-refractivity contribution in [1.29, 1.82) is 0 Å². The molecule has 0 bridgehead atoms. The van der Waals surface area contributed by atoms with Crippen molar-refractivity contribution in [3.05, 3.63) is 35.9 Å². The van der Waals surface area contributed by atoms with Crippen molar-refractivity contribution in [3.63, 3.8) is 0 Å². The van der Waals surface area contributed by atoms with Gasteiger partial charge in [-0.25, -0.2) is 9.59 Å². The Morgan fingerprint density at radius 1 is 0.900 bits per heavy atom. The van der Waals surface area contributed by atoms with E-state index in [1.165, 1.54) is 0 Å². The van der Waals surface area contributed by atoms with Gasteiger partial charge in [-0.05, 0) is 65.9 Å². The lowest BCUT2D eigenvalue weighted by Gasteiger charge is -2.23. The first-order valence-corrected chi connectivity index (χ1v) is 13.4. The van der Waals surface area contributed by atoms with Crippen LogP contribution in [0.3, 0.4) is 0 Å². The van der Waals surface area contributed by atoms with Crippen LogP contribution in [-0.2, 0) is 30.4 Å². The van der Waals surface area contributed by atoms with Gasteiger partial charge in [0.1, 0.15) is 24.5 Å². The van der Waals surface area contributed by atoms with Crippen LogP contribution >= 0.6 is 0 Å². The van der Waals surface area contributed by atoms with Gasteiger partial charge >= 0.3 is 18.2 Å². The van der Waals surface area contributed by atoms with E-state index in [9.17, 15) is 29.4 Å². The number of carbonyl (C=O) groups is 4. The smallest absolute Gasteiger partial charge is 0.407 e. The molecule has 1 unspecified atom stereocenters. The van der Waals surface area contributed by atoms with Crippen molar-refractivity contribution < 1.29 is 43.6 Å². The van der Waals surface area contributed by atoms with Crippen molar-refractivity contribution in [1.82, 2.24) is 16.0 Å². The predicted octanol–water partition coefficient (Wildman–Crippen LogP) is 2.90. The first kappa shape index (κ1) is 34.6. The molecule has 40 heavy (non-hydrogen) atoms. The van der Waals surface area contributed by atoms with Crippen molar-refractivity contribution in [2.45, 2.75) is 103 Å².